The van der Waals surface area contributed by atoms with Gasteiger partial charge < -0.3 is 19.7 Å². The van der Waals surface area contributed by atoms with Crippen LogP contribution in [0, 0.1) is 0 Å². The highest BCUT2D eigenvalue weighted by Crippen LogP contribution is 2.28. The van der Waals surface area contributed by atoms with Crippen LogP contribution in [0.4, 0.5) is 0 Å². The molecule has 1 N–H and O–H groups in total. The van der Waals surface area contributed by atoms with Crippen LogP contribution in [0.2, 0.25) is 5.02 Å². The minimum absolute atomic E-state index is 0.0470. The van der Waals surface area contributed by atoms with Crippen LogP contribution in [0.25, 0.3) is 0 Å². The molecule has 180 valence electrons. The number of amides is 2. The van der Waals surface area contributed by atoms with Gasteiger partial charge in [-0.2, -0.15) is 0 Å². The summed E-state index contributed by atoms with van der Waals surface area (Å²) < 4.78 is 10.7. The lowest BCUT2D eigenvalue weighted by molar-refractivity contribution is -0.141. The van der Waals surface area contributed by atoms with Crippen molar-refractivity contribution in [3.63, 3.8) is 0 Å². The summed E-state index contributed by atoms with van der Waals surface area (Å²) in [6.07, 6.45) is 2.15. The van der Waals surface area contributed by atoms with Gasteiger partial charge in [-0.15, -0.1) is 0 Å². The molecule has 2 amide bonds. The molecule has 7 heteroatoms. The van der Waals surface area contributed by atoms with E-state index in [4.69, 9.17) is 21.1 Å². The van der Waals surface area contributed by atoms with Crippen molar-refractivity contribution in [2.45, 2.75) is 65.1 Å². The highest BCUT2D eigenvalue weighted by atomic mass is 35.5. The van der Waals surface area contributed by atoms with Gasteiger partial charge in [-0.25, -0.2) is 0 Å². The lowest BCUT2D eigenvalue weighted by Gasteiger charge is -2.31. The maximum Gasteiger partial charge on any atom is 0.243 e. The average molecular weight is 475 g/mol. The van der Waals surface area contributed by atoms with Gasteiger partial charge in [-0.05, 0) is 61.6 Å². The van der Waals surface area contributed by atoms with Gasteiger partial charge in [-0.3, -0.25) is 9.59 Å². The minimum Gasteiger partial charge on any atom is -0.493 e. The fourth-order valence-corrected chi connectivity index (χ4v) is 3.70. The van der Waals surface area contributed by atoms with Crippen molar-refractivity contribution in [2.75, 3.05) is 14.2 Å². The Labute approximate surface area is 202 Å². The molecule has 0 spiro atoms. The number of hydrogen-bond donors (Lipinski definition) is 1. The van der Waals surface area contributed by atoms with Crippen LogP contribution in [-0.2, 0) is 22.6 Å². The first-order valence-electron chi connectivity index (χ1n) is 11.4. The first-order chi connectivity index (χ1) is 15.8. The van der Waals surface area contributed by atoms with Gasteiger partial charge in [-0.1, -0.05) is 43.6 Å². The van der Waals surface area contributed by atoms with E-state index < -0.39 is 6.04 Å². The van der Waals surface area contributed by atoms with Crippen molar-refractivity contribution in [1.29, 1.82) is 0 Å². The number of carbonyl (C=O) groups excluding carboxylic acids is 2. The lowest BCUT2D eigenvalue weighted by Crippen LogP contribution is -2.50. The van der Waals surface area contributed by atoms with Gasteiger partial charge in [0.15, 0.2) is 11.5 Å². The Morgan fingerprint density at radius 1 is 0.970 bits per heavy atom. The lowest BCUT2D eigenvalue weighted by atomic mass is 10.1. The third-order valence-corrected chi connectivity index (χ3v) is 5.98. The normalized spacial score (nSPS) is 12.5. The van der Waals surface area contributed by atoms with E-state index in [0.717, 1.165) is 17.5 Å². The molecule has 6 nitrogen and oxygen atoms in total. The number of hydrogen-bond acceptors (Lipinski definition) is 4. The number of carbonyl (C=O) groups is 2. The SMILES string of the molecule is CCC(C)NC(=O)C(CC)N(Cc1ccc(Cl)cc1)C(=O)CCc1ccc(OC)c(OC)c1. The second kappa shape index (κ2) is 13.1. The maximum absolute atomic E-state index is 13.4. The van der Waals surface area contributed by atoms with Crippen molar-refractivity contribution >= 4 is 23.4 Å². The molecule has 0 fully saturated rings. The van der Waals surface area contributed by atoms with Crippen LogP contribution in [0.5, 0.6) is 11.5 Å². The molecule has 2 aromatic carbocycles. The number of rotatable bonds is 12. The summed E-state index contributed by atoms with van der Waals surface area (Å²) in [4.78, 5) is 28.1. The van der Waals surface area contributed by atoms with E-state index in [-0.39, 0.29) is 24.3 Å². The molecule has 2 atom stereocenters. The first-order valence-corrected chi connectivity index (χ1v) is 11.8. The molecule has 2 unspecified atom stereocenters. The monoisotopic (exact) mass is 474 g/mol. The summed E-state index contributed by atoms with van der Waals surface area (Å²) in [7, 11) is 3.17. The van der Waals surface area contributed by atoms with E-state index >= 15 is 0 Å². The first kappa shape index (κ1) is 26.5. The summed E-state index contributed by atoms with van der Waals surface area (Å²) in [5.74, 6) is 1.07. The van der Waals surface area contributed by atoms with Crippen LogP contribution >= 0.6 is 11.6 Å². The molecule has 0 radical (unpaired) electrons. The molecule has 0 saturated heterocycles. The van der Waals surface area contributed by atoms with Crippen molar-refractivity contribution in [3.8, 4) is 11.5 Å². The Morgan fingerprint density at radius 3 is 2.18 bits per heavy atom. The summed E-state index contributed by atoms with van der Waals surface area (Å²) in [6, 6.07) is 12.5. The van der Waals surface area contributed by atoms with Gasteiger partial charge >= 0.3 is 0 Å². The van der Waals surface area contributed by atoms with E-state index in [9.17, 15) is 9.59 Å². The van der Waals surface area contributed by atoms with Crippen LogP contribution in [0.15, 0.2) is 42.5 Å². The predicted octanol–water partition coefficient (Wildman–Crippen LogP) is 5.01. The summed E-state index contributed by atoms with van der Waals surface area (Å²) >= 11 is 6.02. The van der Waals surface area contributed by atoms with E-state index in [1.54, 1.807) is 31.3 Å². The van der Waals surface area contributed by atoms with Crippen molar-refractivity contribution in [3.05, 3.63) is 58.6 Å². The fourth-order valence-electron chi connectivity index (χ4n) is 3.58. The van der Waals surface area contributed by atoms with Gasteiger partial charge in [0, 0.05) is 24.0 Å². The standard InChI is InChI=1S/C26H35ClN2O4/c1-6-18(3)28-26(31)22(7-2)29(17-20-8-12-21(27)13-9-20)25(30)15-11-19-10-14-23(32-4)24(16-19)33-5/h8-10,12-14,16,18,22H,6-7,11,15,17H2,1-5H3,(H,28,31). The Kier molecular flexibility index (Phi) is 10.5. The third-order valence-electron chi connectivity index (χ3n) is 5.73. The van der Waals surface area contributed by atoms with Gasteiger partial charge in [0.1, 0.15) is 6.04 Å². The minimum atomic E-state index is -0.549. The van der Waals surface area contributed by atoms with E-state index in [0.29, 0.717) is 35.9 Å². The highest BCUT2D eigenvalue weighted by molar-refractivity contribution is 6.30. The smallest absolute Gasteiger partial charge is 0.243 e. The van der Waals surface area contributed by atoms with Gasteiger partial charge in [0.25, 0.3) is 0 Å². The van der Waals surface area contributed by atoms with Crippen LogP contribution in [0.1, 0.15) is 51.2 Å². The summed E-state index contributed by atoms with van der Waals surface area (Å²) in [6.45, 7) is 6.25. The number of ether oxygens (including phenoxy) is 2. The molecule has 0 aliphatic carbocycles. The van der Waals surface area contributed by atoms with Crippen molar-refractivity contribution < 1.29 is 19.1 Å². The highest BCUT2D eigenvalue weighted by Gasteiger charge is 2.29. The van der Waals surface area contributed by atoms with E-state index in [2.05, 4.69) is 5.32 Å². The molecule has 0 aromatic heterocycles. The van der Waals surface area contributed by atoms with Crippen LogP contribution < -0.4 is 14.8 Å². The Balaban J connectivity index is 2.22. The number of aryl methyl sites for hydroxylation is 1. The fraction of sp³-hybridized carbons (Fsp3) is 0.462. The molecule has 0 saturated carbocycles. The van der Waals surface area contributed by atoms with Crippen LogP contribution in [0.3, 0.4) is 0 Å². The second-order valence-electron chi connectivity index (χ2n) is 8.08. The Bertz CT molecular complexity index is 917. The molecular weight excluding hydrogens is 440 g/mol. The number of benzene rings is 2. The zero-order valence-electron chi connectivity index (χ0n) is 20.2. The number of methoxy groups -OCH3 is 2. The Hall–Kier alpha value is -2.73. The third kappa shape index (κ3) is 7.67. The average Bonchev–Trinajstić information content (AvgIpc) is 2.83. The molecule has 2 aromatic rings. The van der Waals surface area contributed by atoms with E-state index in [1.165, 1.54) is 0 Å². The summed E-state index contributed by atoms with van der Waals surface area (Å²) in [5, 5.41) is 3.66. The largest absolute Gasteiger partial charge is 0.493 e. The van der Waals surface area contributed by atoms with Crippen LogP contribution in [-0.4, -0.2) is 43.0 Å². The number of nitrogens with one attached hydrogen (secondary N) is 1. The molecule has 0 bridgehead atoms. The molecule has 0 aliphatic rings. The van der Waals surface area contributed by atoms with Gasteiger partial charge in [0.2, 0.25) is 11.8 Å². The zero-order valence-corrected chi connectivity index (χ0v) is 20.9. The quantitative estimate of drug-likeness (QED) is 0.469. The molecule has 33 heavy (non-hydrogen) atoms. The van der Waals surface area contributed by atoms with E-state index in [1.807, 2.05) is 51.1 Å². The number of halogens is 1. The van der Waals surface area contributed by atoms with Crippen molar-refractivity contribution in [1.82, 2.24) is 10.2 Å². The molecule has 0 heterocycles. The van der Waals surface area contributed by atoms with Gasteiger partial charge in [0.05, 0.1) is 14.2 Å². The summed E-state index contributed by atoms with van der Waals surface area (Å²) in [5.41, 5.74) is 1.89. The molecule has 2 rings (SSSR count). The molecular formula is C26H35ClN2O4. The molecule has 0 aliphatic heterocycles. The Morgan fingerprint density at radius 2 is 1.61 bits per heavy atom. The zero-order chi connectivity index (χ0) is 24.4. The topological polar surface area (TPSA) is 67.9 Å². The second-order valence-corrected chi connectivity index (χ2v) is 8.52. The number of nitrogens with zero attached hydrogens (tertiary/aromatic N) is 1. The van der Waals surface area contributed by atoms with Crippen molar-refractivity contribution in [2.24, 2.45) is 0 Å². The predicted molar refractivity (Wildman–Crippen MR) is 132 cm³/mol. The maximum atomic E-state index is 13.4.